The van der Waals surface area contributed by atoms with Crippen LogP contribution < -0.4 is 5.32 Å². The summed E-state index contributed by atoms with van der Waals surface area (Å²) in [5.41, 5.74) is 0. The lowest BCUT2D eigenvalue weighted by atomic mass is 10.2. The van der Waals surface area contributed by atoms with E-state index in [0.717, 1.165) is 0 Å². The average molecular weight is 131 g/mol. The molecule has 0 bridgehead atoms. The van der Waals surface area contributed by atoms with E-state index < -0.39 is 18.1 Å². The first kappa shape index (κ1) is 6.51. The number of hydrogen-bond donors (Lipinski definition) is 3. The van der Waals surface area contributed by atoms with Gasteiger partial charge in [-0.15, -0.1) is 0 Å². The van der Waals surface area contributed by atoms with E-state index in [1.807, 2.05) is 0 Å². The topological polar surface area (TPSA) is 69.6 Å². The maximum atomic E-state index is 10.2. The van der Waals surface area contributed by atoms with Crippen LogP contribution in [-0.2, 0) is 4.79 Å². The van der Waals surface area contributed by atoms with Crippen LogP contribution in [0, 0.1) is 0 Å². The van der Waals surface area contributed by atoms with Gasteiger partial charge in [-0.1, -0.05) is 0 Å². The zero-order valence-corrected chi connectivity index (χ0v) is 4.87. The van der Waals surface area contributed by atoms with Crippen molar-refractivity contribution < 1.29 is 15.0 Å². The number of aliphatic hydroxyl groups is 1. The van der Waals surface area contributed by atoms with Crippen molar-refractivity contribution in [2.45, 2.75) is 18.6 Å². The Bertz CT molecular complexity index is 125. The maximum absolute atomic E-state index is 10.2. The highest BCUT2D eigenvalue weighted by Gasteiger charge is 2.27. The molecular weight excluding hydrogens is 122 g/mol. The smallest absolute Gasteiger partial charge is 0.320 e. The van der Waals surface area contributed by atoms with Crippen molar-refractivity contribution in [1.29, 1.82) is 0 Å². The van der Waals surface area contributed by atoms with Gasteiger partial charge in [-0.25, -0.2) is 0 Å². The molecule has 1 aliphatic heterocycles. The fourth-order valence-electron chi connectivity index (χ4n) is 0.905. The van der Waals surface area contributed by atoms with Gasteiger partial charge < -0.3 is 15.5 Å². The number of rotatable bonds is 1. The van der Waals surface area contributed by atoms with Crippen molar-refractivity contribution in [2.24, 2.45) is 0 Å². The third kappa shape index (κ3) is 1.40. The molecule has 4 nitrogen and oxygen atoms in total. The first-order valence-corrected chi connectivity index (χ1v) is 2.84. The second-order valence-corrected chi connectivity index (χ2v) is 2.19. The molecule has 1 heterocycles. The van der Waals surface area contributed by atoms with Crippen molar-refractivity contribution in [2.75, 3.05) is 6.54 Å². The van der Waals surface area contributed by atoms with Gasteiger partial charge in [0.15, 0.2) is 0 Å². The summed E-state index contributed by atoms with van der Waals surface area (Å²) >= 11 is 0. The number of β-amino-alcohol motifs (C(OH)–C–C–N with tert-alkyl or cyclic N) is 1. The molecule has 9 heavy (non-hydrogen) atoms. The standard InChI is InChI=1S/C5H9NO3/c7-3-1-4(5(8)9)6-2-3/h3-4,6-7H,1-2H2,(H,8,9)/t3-,4?/m0/s1. The Hall–Kier alpha value is -0.610. The van der Waals surface area contributed by atoms with Crippen molar-refractivity contribution >= 4 is 5.97 Å². The Kier molecular flexibility index (Phi) is 1.68. The van der Waals surface area contributed by atoms with Crippen molar-refractivity contribution in [3.05, 3.63) is 0 Å². The van der Waals surface area contributed by atoms with E-state index in [1.54, 1.807) is 0 Å². The quantitative estimate of drug-likeness (QED) is 0.418. The third-order valence-electron chi connectivity index (χ3n) is 1.41. The minimum Gasteiger partial charge on any atom is -0.480 e. The number of carbonyl (C=O) groups is 1. The van der Waals surface area contributed by atoms with Gasteiger partial charge in [0, 0.05) is 13.0 Å². The lowest BCUT2D eigenvalue weighted by Crippen LogP contribution is -2.29. The Labute approximate surface area is 52.5 Å². The molecule has 3 N–H and O–H groups in total. The van der Waals surface area contributed by atoms with Crippen LogP contribution in [0.3, 0.4) is 0 Å². The zero-order valence-electron chi connectivity index (χ0n) is 4.87. The molecule has 2 atom stereocenters. The molecule has 4 heteroatoms. The van der Waals surface area contributed by atoms with E-state index in [-0.39, 0.29) is 0 Å². The van der Waals surface area contributed by atoms with Crippen LogP contribution in [-0.4, -0.2) is 34.9 Å². The van der Waals surface area contributed by atoms with Gasteiger partial charge >= 0.3 is 5.97 Å². The fraction of sp³-hybridized carbons (Fsp3) is 0.800. The van der Waals surface area contributed by atoms with Crippen LogP contribution in [0.25, 0.3) is 0 Å². The lowest BCUT2D eigenvalue weighted by molar-refractivity contribution is -0.139. The van der Waals surface area contributed by atoms with Crippen molar-refractivity contribution in [3.8, 4) is 0 Å². The number of nitrogens with one attached hydrogen (secondary N) is 1. The summed E-state index contributed by atoms with van der Waals surface area (Å²) in [4.78, 5) is 10.2. The van der Waals surface area contributed by atoms with E-state index >= 15 is 0 Å². The molecule has 0 spiro atoms. The summed E-state index contributed by atoms with van der Waals surface area (Å²) in [6.07, 6.45) is -0.152. The minimum absolute atomic E-state index is 0.329. The van der Waals surface area contributed by atoms with Crippen LogP contribution in [0.2, 0.25) is 0 Å². The molecule has 1 rings (SSSR count). The van der Waals surface area contributed by atoms with Crippen molar-refractivity contribution in [1.82, 2.24) is 5.32 Å². The van der Waals surface area contributed by atoms with E-state index in [2.05, 4.69) is 5.32 Å². The highest BCUT2D eigenvalue weighted by atomic mass is 16.4. The molecule has 0 aromatic carbocycles. The third-order valence-corrected chi connectivity index (χ3v) is 1.41. The average Bonchev–Trinajstić information content (AvgIpc) is 2.14. The van der Waals surface area contributed by atoms with Crippen LogP contribution >= 0.6 is 0 Å². The molecule has 0 saturated carbocycles. The predicted molar refractivity (Wildman–Crippen MR) is 30.1 cm³/mol. The summed E-state index contributed by atoms with van der Waals surface area (Å²) in [6.45, 7) is 0.400. The molecule has 1 unspecified atom stereocenters. The Morgan fingerprint density at radius 2 is 2.33 bits per heavy atom. The number of carboxylic acids is 1. The van der Waals surface area contributed by atoms with Crippen LogP contribution in [0.5, 0.6) is 0 Å². The summed E-state index contributed by atoms with van der Waals surface area (Å²) in [5, 5.41) is 19.8. The molecule has 52 valence electrons. The molecule has 0 aromatic heterocycles. The monoisotopic (exact) mass is 131 g/mol. The summed E-state index contributed by atoms with van der Waals surface area (Å²) in [7, 11) is 0. The Morgan fingerprint density at radius 1 is 1.67 bits per heavy atom. The summed E-state index contributed by atoms with van der Waals surface area (Å²) in [6, 6.07) is -0.542. The maximum Gasteiger partial charge on any atom is 0.320 e. The molecule has 1 fully saturated rings. The van der Waals surface area contributed by atoms with Crippen LogP contribution in [0.15, 0.2) is 0 Å². The van der Waals surface area contributed by atoms with Gasteiger partial charge in [0.1, 0.15) is 6.04 Å². The highest BCUT2D eigenvalue weighted by Crippen LogP contribution is 2.05. The van der Waals surface area contributed by atoms with Gasteiger partial charge in [0.2, 0.25) is 0 Å². The Morgan fingerprint density at radius 3 is 2.56 bits per heavy atom. The Balaban J connectivity index is 2.39. The van der Waals surface area contributed by atoms with E-state index in [1.165, 1.54) is 0 Å². The first-order valence-electron chi connectivity index (χ1n) is 2.84. The summed E-state index contributed by atoms with van der Waals surface area (Å²) < 4.78 is 0. The molecular formula is C5H9NO3. The van der Waals surface area contributed by atoms with E-state index in [0.29, 0.717) is 13.0 Å². The molecule has 0 aliphatic carbocycles. The second-order valence-electron chi connectivity index (χ2n) is 2.19. The fourth-order valence-corrected chi connectivity index (χ4v) is 0.905. The number of hydrogen-bond acceptors (Lipinski definition) is 3. The molecule has 0 radical (unpaired) electrons. The summed E-state index contributed by atoms with van der Waals surface area (Å²) in [5.74, 6) is -0.883. The lowest BCUT2D eigenvalue weighted by Gasteiger charge is -1.99. The molecule has 0 amide bonds. The van der Waals surface area contributed by atoms with Gasteiger partial charge in [0.05, 0.1) is 6.10 Å². The van der Waals surface area contributed by atoms with Gasteiger partial charge in [-0.05, 0) is 0 Å². The zero-order chi connectivity index (χ0) is 6.85. The van der Waals surface area contributed by atoms with Crippen LogP contribution in [0.4, 0.5) is 0 Å². The normalized spacial score (nSPS) is 34.8. The van der Waals surface area contributed by atoms with E-state index in [9.17, 15) is 4.79 Å². The molecule has 0 aromatic rings. The molecule has 1 aliphatic rings. The number of aliphatic carboxylic acids is 1. The van der Waals surface area contributed by atoms with Gasteiger partial charge in [0.25, 0.3) is 0 Å². The second kappa shape index (κ2) is 2.33. The number of carboxylic acid groups (broad SMARTS) is 1. The SMILES string of the molecule is O=C(O)C1C[C@H](O)CN1. The minimum atomic E-state index is -0.883. The first-order chi connectivity index (χ1) is 4.20. The highest BCUT2D eigenvalue weighted by molar-refractivity contribution is 5.73. The predicted octanol–water partition coefficient (Wildman–Crippen LogP) is -1.21. The van der Waals surface area contributed by atoms with E-state index in [4.69, 9.17) is 10.2 Å². The van der Waals surface area contributed by atoms with Crippen LogP contribution in [0.1, 0.15) is 6.42 Å². The van der Waals surface area contributed by atoms with Gasteiger partial charge in [-0.2, -0.15) is 0 Å². The molecule has 1 saturated heterocycles. The van der Waals surface area contributed by atoms with Gasteiger partial charge in [-0.3, -0.25) is 4.79 Å². The number of aliphatic hydroxyl groups excluding tert-OH is 1. The largest absolute Gasteiger partial charge is 0.480 e. The van der Waals surface area contributed by atoms with Crippen molar-refractivity contribution in [3.63, 3.8) is 0 Å².